The highest BCUT2D eigenvalue weighted by molar-refractivity contribution is 6.32. The highest BCUT2D eigenvalue weighted by atomic mass is 35.5. The van der Waals surface area contributed by atoms with Crippen molar-refractivity contribution in [2.24, 2.45) is 17.4 Å². The number of likely N-dealkylation sites (N-methyl/N-ethyl adjacent to an activating group) is 1. The topological polar surface area (TPSA) is 551 Å². The lowest BCUT2D eigenvalue weighted by atomic mass is 9.86. The molecule has 0 radical (unpaired) electrons. The lowest BCUT2D eigenvalue weighted by Crippen LogP contribution is -2.64. The standard InChI is InChI=1S/C66H75Cl2N9O24.C2H6O/c1-23(2)12-34(71-5)58(88)76-49-51(83)26-7-10-38(32(67)14-26)97-40-16-28-17-41(55(40)101-65-56(54(86)53(85)42(22-78)99-65)100-44-21-66(4,70)57(87)24(3)96-44)98-39-11-8-27(15-33(39)68)52(84)50-63(93)75-48(64(94)95)31-18-29(79)19-37(81)45(31)30-13-25(6-9-36(30)80)46(60(90)77-50)74-61(91)47(28)73-59(89)35(20-43(69)82)72-62(49)92;1-2-3/h6-11,13-19,23-24,34-35,42,44,46-54,56-57,65,71,78-81,83-87H,12,20-22,70H2,1-5H3,(H2,69,82)(H,72,92)(H,73,89)(H,74,91)(H,75,93)(H,76,88)(H,77,90)(H,94,95);3H,2H2,1H3/t24-,34+,35-,42+,44-,46+,47+,48+,49+,50-,51+,52+,53+,54-,56+,57?,65-,66-;/m0./s1. The van der Waals surface area contributed by atoms with Crippen molar-refractivity contribution in [3.8, 4) is 57.1 Å². The van der Waals surface area contributed by atoms with Crippen molar-refractivity contribution in [1.29, 1.82) is 0 Å². The second kappa shape index (κ2) is 32.8. The minimum atomic E-state index is -2.35. The van der Waals surface area contributed by atoms with Crippen molar-refractivity contribution in [2.45, 2.75) is 163 Å². The molecule has 0 saturated carbocycles. The number of aliphatic hydroxyl groups is 7. The van der Waals surface area contributed by atoms with E-state index in [4.69, 9.17) is 68.2 Å². The predicted octanol–water partition coefficient (Wildman–Crippen LogP) is 0.105. The molecule has 36 heteroatoms. The fourth-order valence-electron chi connectivity index (χ4n) is 12.5. The summed E-state index contributed by atoms with van der Waals surface area (Å²) in [4.78, 5) is 117. The van der Waals surface area contributed by atoms with E-state index in [1.807, 2.05) is 13.8 Å². The summed E-state index contributed by atoms with van der Waals surface area (Å²) in [5.74, 6) is -16.0. The molecule has 7 aliphatic rings. The monoisotopic (exact) mass is 1490 g/mol. The van der Waals surface area contributed by atoms with Gasteiger partial charge in [0.25, 0.3) is 0 Å². The first-order valence-electron chi connectivity index (χ1n) is 32.6. The number of benzene rings is 5. The van der Waals surface area contributed by atoms with E-state index in [2.05, 4.69) is 37.2 Å². The number of carbonyl (C=O) groups excluding carboxylic acids is 7. The van der Waals surface area contributed by atoms with Crippen LogP contribution in [0.25, 0.3) is 11.1 Å². The largest absolute Gasteiger partial charge is 0.508 e. The number of nitrogens with one attached hydrogen (secondary N) is 7. The van der Waals surface area contributed by atoms with Gasteiger partial charge in [0, 0.05) is 41.3 Å². The van der Waals surface area contributed by atoms with Gasteiger partial charge in [-0.05, 0) is 117 Å². The Balaban J connectivity index is 0.00000411. The number of aliphatic hydroxyl groups excluding tert-OH is 7. The van der Waals surface area contributed by atoms with Crippen LogP contribution in [-0.4, -0.2) is 203 Å². The van der Waals surface area contributed by atoms with E-state index in [-0.39, 0.29) is 52.8 Å². The third-order valence-corrected chi connectivity index (χ3v) is 18.4. The van der Waals surface area contributed by atoms with Gasteiger partial charge in [-0.2, -0.15) is 0 Å². The number of aliphatic carboxylic acids is 1. The molecular weight excluding hydrogens is 1410 g/mol. The minimum absolute atomic E-state index is 0.0975. The number of nitrogens with two attached hydrogens (primary N) is 2. The van der Waals surface area contributed by atoms with Gasteiger partial charge < -0.3 is 133 Å². The maximum absolute atomic E-state index is 16.0. The Bertz CT molecular complexity index is 4100. The zero-order valence-electron chi connectivity index (χ0n) is 56.5. The summed E-state index contributed by atoms with van der Waals surface area (Å²) < 4.78 is 38.3. The van der Waals surface area contributed by atoms with Crippen LogP contribution in [-0.2, 0) is 52.6 Å². The van der Waals surface area contributed by atoms with Crippen molar-refractivity contribution >= 4 is 70.5 Å². The molecule has 18 atom stereocenters. The lowest BCUT2D eigenvalue weighted by molar-refractivity contribution is -0.333. The van der Waals surface area contributed by atoms with Crippen LogP contribution in [0.3, 0.4) is 0 Å². The van der Waals surface area contributed by atoms with E-state index >= 15 is 14.4 Å². The van der Waals surface area contributed by atoms with Crippen molar-refractivity contribution in [1.82, 2.24) is 37.2 Å². The molecule has 5 aromatic carbocycles. The molecule has 11 bridgehead atoms. The number of carbonyl (C=O) groups is 8. The van der Waals surface area contributed by atoms with Crippen LogP contribution in [0.1, 0.15) is 112 Å². The number of phenolic OH excluding ortho intramolecular Hbond substituents is 3. The molecule has 22 N–H and O–H groups in total. The van der Waals surface area contributed by atoms with E-state index in [0.717, 1.165) is 66.7 Å². The minimum Gasteiger partial charge on any atom is -0.508 e. The zero-order chi connectivity index (χ0) is 76.2. The maximum atomic E-state index is 16.0. The number of hydrogen-bond donors (Lipinski definition) is 20. The highest BCUT2D eigenvalue weighted by Gasteiger charge is 2.51. The van der Waals surface area contributed by atoms with Gasteiger partial charge in [-0.25, -0.2) is 4.79 Å². The molecule has 0 aromatic heterocycles. The molecule has 2 saturated heterocycles. The summed E-state index contributed by atoms with van der Waals surface area (Å²) in [7, 11) is 1.47. The van der Waals surface area contributed by atoms with Crippen molar-refractivity contribution in [3.05, 3.63) is 117 Å². The summed E-state index contributed by atoms with van der Waals surface area (Å²) in [6.07, 6.45) is -18.6. The van der Waals surface area contributed by atoms with Gasteiger partial charge in [-0.15, -0.1) is 0 Å². The Morgan fingerprint density at radius 3 is 1.87 bits per heavy atom. The fourth-order valence-corrected chi connectivity index (χ4v) is 12.9. The molecule has 2 fully saturated rings. The third kappa shape index (κ3) is 17.3. The first-order valence-corrected chi connectivity index (χ1v) is 33.4. The van der Waals surface area contributed by atoms with Crippen LogP contribution in [0.5, 0.6) is 46.0 Å². The number of ether oxygens (including phenoxy) is 6. The lowest BCUT2D eigenvalue weighted by Gasteiger charge is -2.47. The Morgan fingerprint density at radius 1 is 0.712 bits per heavy atom. The first kappa shape index (κ1) is 78.9. The zero-order valence-corrected chi connectivity index (χ0v) is 58.0. The molecule has 5 aromatic rings. The van der Waals surface area contributed by atoms with Gasteiger partial charge in [-0.3, -0.25) is 33.6 Å². The van der Waals surface area contributed by atoms with E-state index in [9.17, 15) is 75.0 Å². The number of amides is 7. The Labute approximate surface area is 602 Å². The molecular formula is C68H81Cl2N9O25. The number of carboxylic acid groups (broad SMARTS) is 1. The molecule has 104 heavy (non-hydrogen) atoms. The number of fused-ring (bicyclic) bond motifs is 15. The number of aromatic hydroxyl groups is 3. The van der Waals surface area contributed by atoms with Crippen LogP contribution in [0, 0.1) is 5.92 Å². The van der Waals surface area contributed by atoms with Gasteiger partial charge in [-0.1, -0.05) is 55.2 Å². The Morgan fingerprint density at radius 2 is 1.30 bits per heavy atom. The third-order valence-electron chi connectivity index (χ3n) is 17.8. The molecule has 7 aliphatic heterocycles. The van der Waals surface area contributed by atoms with Crippen LogP contribution < -0.4 is 62.9 Å². The van der Waals surface area contributed by atoms with Crippen molar-refractivity contribution in [2.75, 3.05) is 20.3 Å². The molecule has 34 nitrogen and oxygen atoms in total. The Kier molecular flexibility index (Phi) is 24.9. The molecule has 12 rings (SSSR count). The van der Waals surface area contributed by atoms with Crippen molar-refractivity contribution in [3.63, 3.8) is 0 Å². The van der Waals surface area contributed by atoms with Gasteiger partial charge in [0.1, 0.15) is 89.5 Å². The number of rotatable bonds is 13. The second-order valence-corrected chi connectivity index (χ2v) is 26.8. The quantitative estimate of drug-likeness (QED) is 0.0743. The number of carboxylic acids is 1. The number of halogens is 2. The molecule has 0 aliphatic carbocycles. The normalized spacial score (nSPS) is 28.8. The summed E-state index contributed by atoms with van der Waals surface area (Å²) in [5, 5.41) is 138. The van der Waals surface area contributed by atoms with Crippen LogP contribution in [0.4, 0.5) is 0 Å². The smallest absolute Gasteiger partial charge is 0.330 e. The van der Waals surface area contributed by atoms with Gasteiger partial charge in [0.05, 0.1) is 41.3 Å². The van der Waals surface area contributed by atoms with Gasteiger partial charge >= 0.3 is 5.97 Å². The second-order valence-electron chi connectivity index (χ2n) is 26.0. The average molecular weight is 1500 g/mol. The molecule has 0 spiro atoms. The summed E-state index contributed by atoms with van der Waals surface area (Å²) in [6, 6.07) is -0.679. The molecule has 562 valence electrons. The summed E-state index contributed by atoms with van der Waals surface area (Å²) in [5.41, 5.74) is 8.00. The van der Waals surface area contributed by atoms with Gasteiger partial charge in [0.15, 0.2) is 29.9 Å². The number of primary amides is 1. The predicted molar refractivity (Wildman–Crippen MR) is 362 cm³/mol. The maximum Gasteiger partial charge on any atom is 0.330 e. The summed E-state index contributed by atoms with van der Waals surface area (Å²) in [6.45, 7) is 7.59. The molecule has 1 unspecified atom stereocenters. The number of phenols is 3. The van der Waals surface area contributed by atoms with E-state index in [0.29, 0.717) is 0 Å². The SMILES string of the molecule is CCO.CN[C@H](CC(C)C)C(=O)N[C@H]1C(=O)N[C@@H](CC(N)=O)C(=O)N[C@H]2C(=O)N[C@H]3C(=O)N[C@H](C(=O)N[C@@H](C(=O)O)c4cc(O)cc(O)c4-c4cc3ccc4O)[C@H](O)c3ccc(c(Cl)c3)Oc3cc2cc(c3O[C@@H]2O[C@H](CO)[C@@H](O)[C@H](O)[C@H]2O[C@H]2C[C@](C)(N)C(O)[C@H](C)O2)Oc2ccc(cc2Cl)[C@H]1O. The summed E-state index contributed by atoms with van der Waals surface area (Å²) >= 11 is 14.1. The van der Waals surface area contributed by atoms with E-state index in [1.165, 1.54) is 33.0 Å². The molecule has 7 heterocycles. The van der Waals surface area contributed by atoms with Crippen LogP contribution in [0.15, 0.2) is 78.9 Å². The highest BCUT2D eigenvalue weighted by Crippen LogP contribution is 2.50. The number of hydrogen-bond acceptors (Lipinski definition) is 26. The van der Waals surface area contributed by atoms with Crippen LogP contribution in [0.2, 0.25) is 10.0 Å². The fraction of sp³-hybridized carbons (Fsp3) is 0.441. The van der Waals surface area contributed by atoms with Crippen molar-refractivity contribution < 1.29 is 123 Å². The first-order chi connectivity index (χ1) is 49.1. The molecule has 7 amide bonds. The van der Waals surface area contributed by atoms with Gasteiger partial charge in [0.2, 0.25) is 53.4 Å². The Hall–Kier alpha value is -9.24. The van der Waals surface area contributed by atoms with E-state index in [1.54, 1.807) is 6.92 Å². The van der Waals surface area contributed by atoms with E-state index < -0.39 is 237 Å². The van der Waals surface area contributed by atoms with Crippen LogP contribution >= 0.6 is 23.2 Å². The average Bonchev–Trinajstić information content (AvgIpc) is 0.770.